The molecule has 0 amide bonds. The van der Waals surface area contributed by atoms with E-state index in [0.29, 0.717) is 16.7 Å². The Hall–Kier alpha value is -3.72. The molecule has 0 spiro atoms. The molecule has 4 aromatic rings. The third-order valence-electron chi connectivity index (χ3n) is 5.20. The summed E-state index contributed by atoms with van der Waals surface area (Å²) in [6.45, 7) is 3.82. The molecule has 0 saturated heterocycles. The van der Waals surface area contributed by atoms with Gasteiger partial charge in [-0.1, -0.05) is 53.7 Å². The standard InChI is InChI=1S/C25H23FN4O3S/c1-17-6-10-22(11-7-17)30-18(2)27-28-25(30)34-24(15-29(31)32)20-8-12-23(13-9-20)33-16-19-4-3-5-21(26)14-19/h3-14,24H,15-16H2,1-2H3/t24-/m0/s1. The molecular weight excluding hydrogens is 455 g/mol. The highest BCUT2D eigenvalue weighted by Crippen LogP contribution is 2.36. The van der Waals surface area contributed by atoms with E-state index in [0.717, 1.165) is 22.4 Å². The van der Waals surface area contributed by atoms with Gasteiger partial charge in [-0.25, -0.2) is 4.39 Å². The van der Waals surface area contributed by atoms with Crippen LogP contribution in [0.2, 0.25) is 0 Å². The number of aromatic nitrogens is 3. The average Bonchev–Trinajstić information content (AvgIpc) is 3.18. The number of hydrogen-bond acceptors (Lipinski definition) is 6. The van der Waals surface area contributed by atoms with Gasteiger partial charge in [-0.05, 0) is 61.4 Å². The number of ether oxygens (including phenoxy) is 1. The molecular formula is C25H23FN4O3S. The normalized spacial score (nSPS) is 11.9. The van der Waals surface area contributed by atoms with Crippen LogP contribution in [0.3, 0.4) is 0 Å². The summed E-state index contributed by atoms with van der Waals surface area (Å²) in [5.74, 6) is 0.980. The van der Waals surface area contributed by atoms with Gasteiger partial charge in [0.05, 0.1) is 0 Å². The van der Waals surface area contributed by atoms with E-state index >= 15 is 0 Å². The van der Waals surface area contributed by atoms with Gasteiger partial charge in [0.25, 0.3) is 0 Å². The van der Waals surface area contributed by atoms with Gasteiger partial charge < -0.3 is 4.74 Å². The Morgan fingerprint density at radius 2 is 1.79 bits per heavy atom. The number of nitro groups is 1. The van der Waals surface area contributed by atoms with Gasteiger partial charge in [-0.15, -0.1) is 10.2 Å². The van der Waals surface area contributed by atoms with E-state index in [9.17, 15) is 14.5 Å². The summed E-state index contributed by atoms with van der Waals surface area (Å²) in [5.41, 5.74) is 3.53. The Balaban J connectivity index is 1.53. The van der Waals surface area contributed by atoms with Crippen molar-refractivity contribution in [1.82, 2.24) is 14.8 Å². The van der Waals surface area contributed by atoms with Crippen molar-refractivity contribution in [2.24, 2.45) is 0 Å². The maximum absolute atomic E-state index is 13.3. The Morgan fingerprint density at radius 1 is 1.06 bits per heavy atom. The predicted octanol–water partition coefficient (Wildman–Crippen LogP) is 5.71. The topological polar surface area (TPSA) is 83.1 Å². The molecule has 0 unspecified atom stereocenters. The maximum atomic E-state index is 13.3. The number of thioether (sulfide) groups is 1. The summed E-state index contributed by atoms with van der Waals surface area (Å²) in [7, 11) is 0. The van der Waals surface area contributed by atoms with Crippen molar-refractivity contribution in [3.63, 3.8) is 0 Å². The fourth-order valence-corrected chi connectivity index (χ4v) is 4.63. The largest absolute Gasteiger partial charge is 0.489 e. The lowest BCUT2D eigenvalue weighted by Crippen LogP contribution is -2.11. The van der Waals surface area contributed by atoms with Gasteiger partial charge in [0, 0.05) is 10.6 Å². The molecule has 1 heterocycles. The van der Waals surface area contributed by atoms with Crippen LogP contribution < -0.4 is 4.74 Å². The van der Waals surface area contributed by atoms with Crippen LogP contribution >= 0.6 is 11.8 Å². The predicted molar refractivity (Wildman–Crippen MR) is 128 cm³/mol. The highest BCUT2D eigenvalue weighted by Gasteiger charge is 2.24. The van der Waals surface area contributed by atoms with E-state index in [1.165, 1.54) is 23.9 Å². The summed E-state index contributed by atoms with van der Waals surface area (Å²) in [4.78, 5) is 11.1. The first-order valence-corrected chi connectivity index (χ1v) is 11.5. The molecule has 3 aromatic carbocycles. The number of rotatable bonds is 9. The van der Waals surface area contributed by atoms with Gasteiger partial charge in [0.2, 0.25) is 6.54 Å². The molecule has 0 N–H and O–H groups in total. The lowest BCUT2D eigenvalue weighted by atomic mass is 10.1. The third-order valence-corrected chi connectivity index (χ3v) is 6.38. The van der Waals surface area contributed by atoms with Crippen LogP contribution in [0.25, 0.3) is 5.69 Å². The fraction of sp³-hybridized carbons (Fsp3) is 0.200. The molecule has 34 heavy (non-hydrogen) atoms. The number of aryl methyl sites for hydroxylation is 2. The summed E-state index contributed by atoms with van der Waals surface area (Å²) in [6.07, 6.45) is 0. The summed E-state index contributed by atoms with van der Waals surface area (Å²) in [6, 6.07) is 21.3. The molecule has 4 rings (SSSR count). The summed E-state index contributed by atoms with van der Waals surface area (Å²) in [5, 5.41) is 20.0. The Labute approximate surface area is 200 Å². The Kier molecular flexibility index (Phi) is 7.22. The molecule has 0 saturated carbocycles. The van der Waals surface area contributed by atoms with Crippen molar-refractivity contribution in [3.05, 3.63) is 111 Å². The molecule has 1 aromatic heterocycles. The molecule has 1 atom stereocenters. The molecule has 9 heteroatoms. The lowest BCUT2D eigenvalue weighted by Gasteiger charge is -2.15. The van der Waals surface area contributed by atoms with Gasteiger partial charge in [0.1, 0.15) is 29.2 Å². The first-order chi connectivity index (χ1) is 16.4. The van der Waals surface area contributed by atoms with Crippen LogP contribution in [0, 0.1) is 29.8 Å². The van der Waals surface area contributed by atoms with Crippen LogP contribution in [0.5, 0.6) is 5.75 Å². The quantitative estimate of drug-likeness (QED) is 0.174. The fourth-order valence-electron chi connectivity index (χ4n) is 3.46. The second-order valence-electron chi connectivity index (χ2n) is 7.81. The molecule has 7 nitrogen and oxygen atoms in total. The average molecular weight is 479 g/mol. The third kappa shape index (κ3) is 5.79. The van der Waals surface area contributed by atoms with Crippen molar-refractivity contribution in [2.75, 3.05) is 6.54 Å². The van der Waals surface area contributed by atoms with Crippen molar-refractivity contribution in [1.29, 1.82) is 0 Å². The number of nitrogens with zero attached hydrogens (tertiary/aromatic N) is 4. The monoisotopic (exact) mass is 478 g/mol. The molecule has 0 fully saturated rings. The van der Waals surface area contributed by atoms with Crippen LogP contribution in [-0.4, -0.2) is 26.2 Å². The lowest BCUT2D eigenvalue weighted by molar-refractivity contribution is -0.479. The van der Waals surface area contributed by atoms with Crippen molar-refractivity contribution >= 4 is 11.8 Å². The van der Waals surface area contributed by atoms with Gasteiger partial charge in [0.15, 0.2) is 5.16 Å². The number of benzene rings is 3. The summed E-state index contributed by atoms with van der Waals surface area (Å²) >= 11 is 1.30. The highest BCUT2D eigenvalue weighted by molar-refractivity contribution is 7.99. The first kappa shape index (κ1) is 23.4. The van der Waals surface area contributed by atoms with E-state index in [4.69, 9.17) is 4.74 Å². The van der Waals surface area contributed by atoms with Crippen LogP contribution in [0.15, 0.2) is 78.0 Å². The van der Waals surface area contributed by atoms with Crippen molar-refractivity contribution in [3.8, 4) is 11.4 Å². The van der Waals surface area contributed by atoms with Gasteiger partial charge >= 0.3 is 0 Å². The van der Waals surface area contributed by atoms with Crippen LogP contribution in [0.4, 0.5) is 4.39 Å². The molecule has 0 radical (unpaired) electrons. The zero-order valence-electron chi connectivity index (χ0n) is 18.7. The van der Waals surface area contributed by atoms with E-state index in [2.05, 4.69) is 10.2 Å². The maximum Gasteiger partial charge on any atom is 0.220 e. The smallest absolute Gasteiger partial charge is 0.220 e. The highest BCUT2D eigenvalue weighted by atomic mass is 32.2. The SMILES string of the molecule is Cc1ccc(-n2c(C)nnc2S[C@@H](C[N+](=O)[O-])c2ccc(OCc3cccc(F)c3)cc2)cc1. The minimum atomic E-state index is -0.472. The molecule has 0 aliphatic carbocycles. The Bertz CT molecular complexity index is 1280. The Morgan fingerprint density at radius 3 is 2.47 bits per heavy atom. The van der Waals surface area contributed by atoms with Gasteiger partial charge in [-0.3, -0.25) is 14.7 Å². The summed E-state index contributed by atoms with van der Waals surface area (Å²) < 4.78 is 21.0. The zero-order valence-corrected chi connectivity index (χ0v) is 19.5. The van der Waals surface area contributed by atoms with E-state index < -0.39 is 5.25 Å². The molecule has 174 valence electrons. The van der Waals surface area contributed by atoms with Crippen molar-refractivity contribution in [2.45, 2.75) is 30.9 Å². The van der Waals surface area contributed by atoms with Crippen molar-refractivity contribution < 1.29 is 14.1 Å². The second kappa shape index (κ2) is 10.5. The minimum absolute atomic E-state index is 0.225. The number of halogens is 1. The van der Waals surface area contributed by atoms with E-state index in [1.807, 2.05) is 54.8 Å². The minimum Gasteiger partial charge on any atom is -0.489 e. The van der Waals surface area contributed by atoms with E-state index in [-0.39, 0.29) is 23.9 Å². The van der Waals surface area contributed by atoms with Crippen LogP contribution in [-0.2, 0) is 6.61 Å². The first-order valence-electron chi connectivity index (χ1n) is 10.6. The molecule has 0 aliphatic heterocycles. The van der Waals surface area contributed by atoms with E-state index in [1.54, 1.807) is 24.3 Å². The second-order valence-corrected chi connectivity index (χ2v) is 8.98. The molecule has 0 bridgehead atoms. The zero-order chi connectivity index (χ0) is 24.1. The molecule has 0 aliphatic rings. The van der Waals surface area contributed by atoms with Gasteiger partial charge in [-0.2, -0.15) is 0 Å². The van der Waals surface area contributed by atoms with Crippen LogP contribution in [0.1, 0.15) is 27.8 Å². The number of hydrogen-bond donors (Lipinski definition) is 0.